The number of hydrogen-bond acceptors (Lipinski definition) is 6. The van der Waals surface area contributed by atoms with Crippen LogP contribution in [0.4, 0.5) is 30.6 Å². The number of alkyl halides is 3. The summed E-state index contributed by atoms with van der Waals surface area (Å²) in [6.45, 7) is 5.99. The highest BCUT2D eigenvalue weighted by Gasteiger charge is 2.35. The Labute approximate surface area is 188 Å². The predicted molar refractivity (Wildman–Crippen MR) is 119 cm³/mol. The van der Waals surface area contributed by atoms with E-state index in [1.54, 1.807) is 6.92 Å². The molecule has 0 unspecified atom stereocenters. The molecule has 1 aliphatic rings. The molecule has 0 aliphatic carbocycles. The summed E-state index contributed by atoms with van der Waals surface area (Å²) in [5.41, 5.74) is 1.69. The molecule has 1 fully saturated rings. The molecule has 4 rings (SSSR count). The standard InChI is InChI=1S/C21H24ClF3N6O/c1-3-26-19-15(21(23,24)25)10-27-20(29-19)28-17-9-18-14(8-16(17)22)13(11-30(18)2)12-31-4-6-32-7-5-31/h8-11H,3-7,12H2,1-2H3,(H2,26,27,28,29). The number of benzene rings is 1. The number of fused-ring (bicyclic) bond motifs is 1. The molecule has 0 bridgehead atoms. The van der Waals surface area contributed by atoms with Crippen molar-refractivity contribution in [2.24, 2.45) is 7.05 Å². The summed E-state index contributed by atoms with van der Waals surface area (Å²) >= 11 is 6.53. The molecule has 11 heteroatoms. The van der Waals surface area contributed by atoms with Gasteiger partial charge in [-0.2, -0.15) is 18.2 Å². The van der Waals surface area contributed by atoms with E-state index in [1.165, 1.54) is 0 Å². The maximum atomic E-state index is 13.2. The molecule has 3 heterocycles. The predicted octanol–water partition coefficient (Wildman–Crippen LogP) is 4.65. The first-order valence-electron chi connectivity index (χ1n) is 10.3. The molecule has 32 heavy (non-hydrogen) atoms. The second kappa shape index (κ2) is 9.13. The number of halogens is 4. The third-order valence-electron chi connectivity index (χ3n) is 5.34. The SMILES string of the molecule is CCNc1nc(Nc2cc3c(cc2Cl)c(CN2CCOCC2)cn3C)ncc1C(F)(F)F. The van der Waals surface area contributed by atoms with Crippen molar-refractivity contribution in [1.82, 2.24) is 19.4 Å². The maximum Gasteiger partial charge on any atom is 0.421 e. The molecule has 2 N–H and O–H groups in total. The molecule has 172 valence electrons. The minimum atomic E-state index is -4.55. The number of nitrogens with one attached hydrogen (secondary N) is 2. The highest BCUT2D eigenvalue weighted by Crippen LogP contribution is 2.36. The van der Waals surface area contributed by atoms with Crippen LogP contribution >= 0.6 is 11.6 Å². The Morgan fingerprint density at radius 3 is 2.66 bits per heavy atom. The fourth-order valence-electron chi connectivity index (χ4n) is 3.78. The molecular weight excluding hydrogens is 445 g/mol. The topological polar surface area (TPSA) is 67.2 Å². The van der Waals surface area contributed by atoms with Crippen molar-refractivity contribution in [1.29, 1.82) is 0 Å². The first-order valence-corrected chi connectivity index (χ1v) is 10.7. The van der Waals surface area contributed by atoms with Crippen molar-refractivity contribution < 1.29 is 17.9 Å². The Morgan fingerprint density at radius 2 is 1.97 bits per heavy atom. The van der Waals surface area contributed by atoms with Crippen LogP contribution in [0.25, 0.3) is 10.9 Å². The van der Waals surface area contributed by atoms with Crippen LogP contribution in [-0.4, -0.2) is 52.3 Å². The number of aromatic nitrogens is 3. The van der Waals surface area contributed by atoms with E-state index < -0.39 is 11.7 Å². The van der Waals surface area contributed by atoms with Crippen LogP contribution in [0.2, 0.25) is 5.02 Å². The van der Waals surface area contributed by atoms with Crippen molar-refractivity contribution in [3.63, 3.8) is 0 Å². The Kier molecular flexibility index (Phi) is 6.45. The molecule has 0 saturated carbocycles. The summed E-state index contributed by atoms with van der Waals surface area (Å²) in [6, 6.07) is 3.72. The molecule has 0 spiro atoms. The Balaban J connectivity index is 1.63. The minimum Gasteiger partial charge on any atom is -0.379 e. The van der Waals surface area contributed by atoms with E-state index in [0.29, 0.717) is 17.3 Å². The van der Waals surface area contributed by atoms with Gasteiger partial charge in [0.25, 0.3) is 0 Å². The van der Waals surface area contributed by atoms with Gasteiger partial charge in [-0.05, 0) is 24.6 Å². The number of hydrogen-bond donors (Lipinski definition) is 2. The number of morpholine rings is 1. The molecule has 1 aliphatic heterocycles. The van der Waals surface area contributed by atoms with Crippen molar-refractivity contribution in [2.75, 3.05) is 43.5 Å². The number of aryl methyl sites for hydroxylation is 1. The zero-order chi connectivity index (χ0) is 22.9. The lowest BCUT2D eigenvalue weighted by Crippen LogP contribution is -2.35. The van der Waals surface area contributed by atoms with E-state index in [9.17, 15) is 13.2 Å². The van der Waals surface area contributed by atoms with Gasteiger partial charge in [0.1, 0.15) is 11.4 Å². The van der Waals surface area contributed by atoms with E-state index in [4.69, 9.17) is 16.3 Å². The lowest BCUT2D eigenvalue weighted by molar-refractivity contribution is -0.137. The zero-order valence-electron chi connectivity index (χ0n) is 17.8. The number of anilines is 3. The second-order valence-corrected chi connectivity index (χ2v) is 8.02. The van der Waals surface area contributed by atoms with Crippen LogP contribution < -0.4 is 10.6 Å². The summed E-state index contributed by atoms with van der Waals surface area (Å²) in [7, 11) is 1.95. The van der Waals surface area contributed by atoms with E-state index in [-0.39, 0.29) is 11.8 Å². The van der Waals surface area contributed by atoms with Crippen LogP contribution in [-0.2, 0) is 24.5 Å². The quantitative estimate of drug-likeness (QED) is 0.549. The second-order valence-electron chi connectivity index (χ2n) is 7.61. The molecule has 1 saturated heterocycles. The number of nitrogens with zero attached hydrogens (tertiary/aromatic N) is 4. The van der Waals surface area contributed by atoms with Crippen LogP contribution in [0, 0.1) is 0 Å². The molecular formula is C21H24ClF3N6O. The lowest BCUT2D eigenvalue weighted by Gasteiger charge is -2.26. The summed E-state index contributed by atoms with van der Waals surface area (Å²) in [5, 5.41) is 7.06. The van der Waals surface area contributed by atoms with E-state index in [0.717, 1.165) is 55.5 Å². The van der Waals surface area contributed by atoms with Crippen LogP contribution in [0.5, 0.6) is 0 Å². The molecule has 3 aromatic rings. The Bertz CT molecular complexity index is 1110. The van der Waals surface area contributed by atoms with Gasteiger partial charge in [0, 0.05) is 51.0 Å². The van der Waals surface area contributed by atoms with E-state index >= 15 is 0 Å². The highest BCUT2D eigenvalue weighted by molar-refractivity contribution is 6.34. The maximum absolute atomic E-state index is 13.2. The highest BCUT2D eigenvalue weighted by atomic mass is 35.5. The average molecular weight is 469 g/mol. The van der Waals surface area contributed by atoms with E-state index in [2.05, 4.69) is 31.7 Å². The third kappa shape index (κ3) is 4.77. The van der Waals surface area contributed by atoms with Gasteiger partial charge in [-0.1, -0.05) is 11.6 Å². The van der Waals surface area contributed by atoms with Crippen molar-refractivity contribution in [2.45, 2.75) is 19.6 Å². The van der Waals surface area contributed by atoms with Gasteiger partial charge in [-0.25, -0.2) is 4.98 Å². The smallest absolute Gasteiger partial charge is 0.379 e. The van der Waals surface area contributed by atoms with Crippen LogP contribution in [0.3, 0.4) is 0 Å². The monoisotopic (exact) mass is 468 g/mol. The average Bonchev–Trinajstić information content (AvgIpc) is 3.03. The molecule has 0 atom stereocenters. The first kappa shape index (κ1) is 22.6. The Morgan fingerprint density at radius 1 is 1.22 bits per heavy atom. The van der Waals surface area contributed by atoms with Gasteiger partial charge in [0.15, 0.2) is 0 Å². The van der Waals surface area contributed by atoms with Gasteiger partial charge in [-0.3, -0.25) is 4.90 Å². The van der Waals surface area contributed by atoms with Crippen LogP contribution in [0.15, 0.2) is 24.5 Å². The summed E-state index contributed by atoms with van der Waals surface area (Å²) in [4.78, 5) is 10.2. The number of rotatable bonds is 6. The number of ether oxygens (including phenoxy) is 1. The minimum absolute atomic E-state index is 0.0259. The molecule has 0 radical (unpaired) electrons. The van der Waals surface area contributed by atoms with Gasteiger partial charge < -0.3 is 19.9 Å². The third-order valence-corrected chi connectivity index (χ3v) is 5.66. The summed E-state index contributed by atoms with van der Waals surface area (Å²) in [5.74, 6) is -0.251. The Hall–Kier alpha value is -2.56. The zero-order valence-corrected chi connectivity index (χ0v) is 18.5. The molecule has 0 amide bonds. The largest absolute Gasteiger partial charge is 0.421 e. The van der Waals surface area contributed by atoms with Crippen molar-refractivity contribution in [3.8, 4) is 0 Å². The van der Waals surface area contributed by atoms with Gasteiger partial charge in [-0.15, -0.1) is 0 Å². The fraction of sp³-hybridized carbons (Fsp3) is 0.429. The summed E-state index contributed by atoms with van der Waals surface area (Å²) in [6.07, 6.45) is -1.71. The molecule has 7 nitrogen and oxygen atoms in total. The van der Waals surface area contributed by atoms with Crippen molar-refractivity contribution in [3.05, 3.63) is 40.7 Å². The lowest BCUT2D eigenvalue weighted by atomic mass is 10.1. The molecule has 1 aromatic carbocycles. The normalized spacial score (nSPS) is 15.3. The first-order chi connectivity index (χ1) is 15.3. The van der Waals surface area contributed by atoms with Crippen molar-refractivity contribution >= 4 is 40.0 Å². The van der Waals surface area contributed by atoms with Gasteiger partial charge in [0.05, 0.1) is 29.4 Å². The van der Waals surface area contributed by atoms with Gasteiger partial charge in [0.2, 0.25) is 5.95 Å². The van der Waals surface area contributed by atoms with E-state index in [1.807, 2.05) is 23.7 Å². The molecule has 2 aromatic heterocycles. The van der Waals surface area contributed by atoms with Gasteiger partial charge >= 0.3 is 6.18 Å². The summed E-state index contributed by atoms with van der Waals surface area (Å²) < 4.78 is 47.0. The van der Waals surface area contributed by atoms with Crippen LogP contribution in [0.1, 0.15) is 18.1 Å². The fourth-order valence-corrected chi connectivity index (χ4v) is 3.99.